The molecule has 1 unspecified atom stereocenters. The minimum atomic E-state index is 0.0665. The highest BCUT2D eigenvalue weighted by molar-refractivity contribution is 5.21. The van der Waals surface area contributed by atoms with Gasteiger partial charge in [0.25, 0.3) is 0 Å². The molecule has 0 aliphatic heterocycles. The van der Waals surface area contributed by atoms with E-state index in [-0.39, 0.29) is 6.04 Å². The molecule has 4 bridgehead atoms. The Hall–Kier alpha value is -0.830. The number of H-pyrrole nitrogens is 1. The lowest BCUT2D eigenvalue weighted by molar-refractivity contribution is -0.00417. The summed E-state index contributed by atoms with van der Waals surface area (Å²) in [5.41, 5.74) is 8.68. The van der Waals surface area contributed by atoms with Crippen molar-refractivity contribution < 1.29 is 0 Å². The highest BCUT2D eigenvalue weighted by atomic mass is 15.1. The van der Waals surface area contributed by atoms with Crippen LogP contribution in [0, 0.1) is 29.6 Å². The van der Waals surface area contributed by atoms with E-state index in [1.54, 1.807) is 0 Å². The van der Waals surface area contributed by atoms with Gasteiger partial charge in [0.1, 0.15) is 0 Å². The van der Waals surface area contributed by atoms with Gasteiger partial charge in [0.05, 0.1) is 11.7 Å². The van der Waals surface area contributed by atoms with Crippen LogP contribution in [-0.2, 0) is 0 Å². The van der Waals surface area contributed by atoms with E-state index in [1.807, 2.05) is 0 Å². The van der Waals surface area contributed by atoms with Crippen LogP contribution in [0.5, 0.6) is 0 Å². The Balaban J connectivity index is 1.59. The van der Waals surface area contributed by atoms with Crippen molar-refractivity contribution in [1.29, 1.82) is 0 Å². The fourth-order valence-electron chi connectivity index (χ4n) is 5.47. The van der Waals surface area contributed by atoms with Crippen molar-refractivity contribution in [3.63, 3.8) is 0 Å². The predicted octanol–water partition coefficient (Wildman–Crippen LogP) is 3.61. The zero-order chi connectivity index (χ0) is 13.9. The van der Waals surface area contributed by atoms with E-state index in [9.17, 15) is 0 Å². The predicted molar refractivity (Wildman–Crippen MR) is 80.1 cm³/mol. The number of hydrogen-bond acceptors (Lipinski definition) is 2. The van der Waals surface area contributed by atoms with E-state index < -0.39 is 0 Å². The van der Waals surface area contributed by atoms with Gasteiger partial charge in [0.15, 0.2) is 0 Å². The molecule has 1 heterocycles. The number of nitrogens with one attached hydrogen (secondary N) is 1. The Bertz CT molecular complexity index is 462. The summed E-state index contributed by atoms with van der Waals surface area (Å²) in [5, 5.41) is 7.86. The van der Waals surface area contributed by atoms with E-state index in [1.165, 1.54) is 37.8 Å². The number of hydrogen-bond donors (Lipinski definition) is 2. The molecule has 0 spiro atoms. The summed E-state index contributed by atoms with van der Waals surface area (Å²) < 4.78 is 0. The van der Waals surface area contributed by atoms with Crippen molar-refractivity contribution in [2.24, 2.45) is 35.3 Å². The Labute approximate surface area is 121 Å². The molecule has 4 aliphatic carbocycles. The van der Waals surface area contributed by atoms with Crippen molar-refractivity contribution >= 4 is 0 Å². The fourth-order valence-corrected chi connectivity index (χ4v) is 5.47. The van der Waals surface area contributed by atoms with Gasteiger partial charge in [-0.3, -0.25) is 5.10 Å². The van der Waals surface area contributed by atoms with Crippen molar-refractivity contribution in [3.8, 4) is 0 Å². The first kappa shape index (κ1) is 12.9. The molecule has 4 saturated carbocycles. The van der Waals surface area contributed by atoms with Crippen molar-refractivity contribution in [2.75, 3.05) is 0 Å². The standard InChI is InChI=1S/C17H27N3/c1-9(2)17(18)15-8-14(19-20-15)16-12-4-10-3-11(6-12)7-13(16)5-10/h8-13,16-17H,3-7,18H2,1-2H3,(H,19,20). The van der Waals surface area contributed by atoms with Crippen LogP contribution >= 0.6 is 0 Å². The van der Waals surface area contributed by atoms with Crippen molar-refractivity contribution in [2.45, 2.75) is 57.9 Å². The molecule has 1 aromatic heterocycles. The minimum absolute atomic E-state index is 0.0665. The summed E-state index contributed by atoms with van der Waals surface area (Å²) in [6.07, 6.45) is 7.36. The normalized spacial score (nSPS) is 40.5. The second-order valence-electron chi connectivity index (χ2n) is 7.97. The lowest BCUT2D eigenvalue weighted by atomic mass is 9.51. The van der Waals surface area contributed by atoms with E-state index in [0.717, 1.165) is 35.3 Å². The second kappa shape index (κ2) is 4.59. The number of nitrogens with zero attached hydrogens (tertiary/aromatic N) is 1. The quantitative estimate of drug-likeness (QED) is 0.884. The molecule has 110 valence electrons. The van der Waals surface area contributed by atoms with E-state index >= 15 is 0 Å². The molecule has 4 aliphatic rings. The third kappa shape index (κ3) is 1.93. The molecule has 20 heavy (non-hydrogen) atoms. The van der Waals surface area contributed by atoms with Gasteiger partial charge in [0.2, 0.25) is 0 Å². The molecule has 3 nitrogen and oxygen atoms in total. The van der Waals surface area contributed by atoms with Gasteiger partial charge in [-0.2, -0.15) is 5.10 Å². The average molecular weight is 273 g/mol. The summed E-state index contributed by atoms with van der Waals surface area (Å²) in [6, 6.07) is 2.34. The van der Waals surface area contributed by atoms with E-state index in [2.05, 4.69) is 30.1 Å². The summed E-state index contributed by atoms with van der Waals surface area (Å²) in [4.78, 5) is 0. The van der Waals surface area contributed by atoms with Crippen LogP contribution in [0.1, 0.15) is 69.3 Å². The van der Waals surface area contributed by atoms with Gasteiger partial charge in [-0.05, 0) is 67.8 Å². The van der Waals surface area contributed by atoms with Crippen molar-refractivity contribution in [1.82, 2.24) is 10.2 Å². The Morgan fingerprint density at radius 2 is 1.70 bits per heavy atom. The first-order valence-electron chi connectivity index (χ1n) is 8.42. The van der Waals surface area contributed by atoms with Crippen molar-refractivity contribution in [3.05, 3.63) is 17.5 Å². The largest absolute Gasteiger partial charge is 0.322 e. The zero-order valence-corrected chi connectivity index (χ0v) is 12.7. The van der Waals surface area contributed by atoms with Crippen LogP contribution in [0.3, 0.4) is 0 Å². The molecule has 3 heteroatoms. The topological polar surface area (TPSA) is 54.7 Å². The van der Waals surface area contributed by atoms with Crippen LogP contribution in [0.15, 0.2) is 6.07 Å². The molecule has 0 amide bonds. The Morgan fingerprint density at radius 1 is 1.10 bits per heavy atom. The van der Waals surface area contributed by atoms with Gasteiger partial charge in [-0.25, -0.2) is 0 Å². The van der Waals surface area contributed by atoms with E-state index in [4.69, 9.17) is 5.73 Å². The van der Waals surface area contributed by atoms with Gasteiger partial charge in [-0.15, -0.1) is 0 Å². The monoisotopic (exact) mass is 273 g/mol. The van der Waals surface area contributed by atoms with E-state index in [0.29, 0.717) is 5.92 Å². The first-order chi connectivity index (χ1) is 9.61. The molecule has 3 N–H and O–H groups in total. The van der Waals surface area contributed by atoms with Crippen LogP contribution in [0.4, 0.5) is 0 Å². The third-order valence-corrected chi connectivity index (χ3v) is 6.26. The number of rotatable bonds is 3. The maximum Gasteiger partial charge on any atom is 0.0794 e. The number of nitrogens with two attached hydrogens (primary N) is 1. The minimum Gasteiger partial charge on any atom is -0.322 e. The fraction of sp³-hybridized carbons (Fsp3) is 0.824. The maximum absolute atomic E-state index is 6.24. The summed E-state index contributed by atoms with van der Waals surface area (Å²) >= 11 is 0. The smallest absolute Gasteiger partial charge is 0.0794 e. The maximum atomic E-state index is 6.24. The summed E-state index contributed by atoms with van der Waals surface area (Å²) in [7, 11) is 0. The molecular weight excluding hydrogens is 246 g/mol. The van der Waals surface area contributed by atoms with Gasteiger partial charge < -0.3 is 5.73 Å². The lowest BCUT2D eigenvalue weighted by Gasteiger charge is -2.54. The van der Waals surface area contributed by atoms with Crippen LogP contribution < -0.4 is 5.73 Å². The lowest BCUT2D eigenvalue weighted by Crippen LogP contribution is -2.43. The zero-order valence-electron chi connectivity index (χ0n) is 12.7. The van der Waals surface area contributed by atoms with Gasteiger partial charge >= 0.3 is 0 Å². The molecule has 4 fully saturated rings. The summed E-state index contributed by atoms with van der Waals surface area (Å²) in [6.45, 7) is 4.34. The molecule has 0 radical (unpaired) electrons. The van der Waals surface area contributed by atoms with Crippen LogP contribution in [-0.4, -0.2) is 10.2 Å². The molecule has 0 aromatic carbocycles. The summed E-state index contributed by atoms with van der Waals surface area (Å²) in [5.74, 6) is 5.08. The Kier molecular flexibility index (Phi) is 2.95. The SMILES string of the molecule is CC(C)C(N)c1cc(C2C3CC4CC(C3)CC2C4)[nH]n1. The highest BCUT2D eigenvalue weighted by Gasteiger charge is 2.49. The van der Waals surface area contributed by atoms with Crippen LogP contribution in [0.25, 0.3) is 0 Å². The second-order valence-corrected chi connectivity index (χ2v) is 7.97. The van der Waals surface area contributed by atoms with Gasteiger partial charge in [-0.1, -0.05) is 13.8 Å². The third-order valence-electron chi connectivity index (χ3n) is 6.26. The average Bonchev–Trinajstić information content (AvgIpc) is 2.85. The molecule has 0 saturated heterocycles. The van der Waals surface area contributed by atoms with Crippen LogP contribution in [0.2, 0.25) is 0 Å². The number of aromatic amines is 1. The Morgan fingerprint density at radius 3 is 2.25 bits per heavy atom. The van der Waals surface area contributed by atoms with Gasteiger partial charge in [0, 0.05) is 11.6 Å². The number of aromatic nitrogens is 2. The molecular formula is C17H27N3. The molecule has 1 atom stereocenters. The molecule has 5 rings (SSSR count). The molecule has 1 aromatic rings. The highest BCUT2D eigenvalue weighted by Crippen LogP contribution is 2.59. The first-order valence-corrected chi connectivity index (χ1v) is 8.42.